The molecule has 0 aromatic rings. The van der Waals surface area contributed by atoms with Crippen molar-refractivity contribution in [2.24, 2.45) is 11.3 Å². The van der Waals surface area contributed by atoms with Gasteiger partial charge < -0.3 is 5.32 Å². The first-order valence-corrected chi connectivity index (χ1v) is 5.87. The molecule has 1 fully saturated rings. The largest absolute Gasteiger partial charge is 0.320 e. The SMILES string of the molecule is CCCC(C)(CCCNC)C1CC1. The lowest BCUT2D eigenvalue weighted by Gasteiger charge is -2.29. The predicted molar refractivity (Wildman–Crippen MR) is 58.9 cm³/mol. The van der Waals surface area contributed by atoms with Crippen LogP contribution in [0, 0.1) is 11.3 Å². The van der Waals surface area contributed by atoms with Crippen LogP contribution in [0.25, 0.3) is 0 Å². The van der Waals surface area contributed by atoms with Gasteiger partial charge in [-0.05, 0) is 57.0 Å². The van der Waals surface area contributed by atoms with Crippen LogP contribution in [0.1, 0.15) is 52.4 Å². The normalized spacial score (nSPS) is 21.5. The van der Waals surface area contributed by atoms with Crippen molar-refractivity contribution in [3.8, 4) is 0 Å². The maximum absolute atomic E-state index is 3.24. The fourth-order valence-electron chi connectivity index (χ4n) is 2.55. The van der Waals surface area contributed by atoms with Crippen molar-refractivity contribution in [1.82, 2.24) is 5.32 Å². The maximum Gasteiger partial charge on any atom is -0.00517 e. The minimum atomic E-state index is 0.672. The van der Waals surface area contributed by atoms with Crippen molar-refractivity contribution in [2.45, 2.75) is 52.4 Å². The summed E-state index contributed by atoms with van der Waals surface area (Å²) in [6, 6.07) is 0. The summed E-state index contributed by atoms with van der Waals surface area (Å²) < 4.78 is 0. The van der Waals surface area contributed by atoms with E-state index in [2.05, 4.69) is 19.2 Å². The van der Waals surface area contributed by atoms with Crippen molar-refractivity contribution in [3.05, 3.63) is 0 Å². The predicted octanol–water partition coefficient (Wildman–Crippen LogP) is 3.20. The van der Waals surface area contributed by atoms with Crippen molar-refractivity contribution < 1.29 is 0 Å². The van der Waals surface area contributed by atoms with Crippen LogP contribution in [0.4, 0.5) is 0 Å². The van der Waals surface area contributed by atoms with E-state index < -0.39 is 0 Å². The highest BCUT2D eigenvalue weighted by Crippen LogP contribution is 2.50. The summed E-state index contributed by atoms with van der Waals surface area (Å²) in [6.07, 6.45) is 8.55. The summed E-state index contributed by atoms with van der Waals surface area (Å²) in [4.78, 5) is 0. The first-order chi connectivity index (χ1) is 6.23. The highest BCUT2D eigenvalue weighted by Gasteiger charge is 2.39. The summed E-state index contributed by atoms with van der Waals surface area (Å²) in [5.74, 6) is 1.06. The number of hydrogen-bond acceptors (Lipinski definition) is 1. The lowest BCUT2D eigenvalue weighted by Crippen LogP contribution is -2.21. The van der Waals surface area contributed by atoms with Gasteiger partial charge in [-0.25, -0.2) is 0 Å². The molecule has 1 rings (SSSR count). The molecule has 0 spiro atoms. The second-order valence-corrected chi connectivity index (χ2v) is 4.89. The van der Waals surface area contributed by atoms with Gasteiger partial charge in [-0.2, -0.15) is 0 Å². The highest BCUT2D eigenvalue weighted by atomic mass is 14.8. The van der Waals surface area contributed by atoms with E-state index in [1.54, 1.807) is 0 Å². The molecule has 13 heavy (non-hydrogen) atoms. The Kier molecular flexibility index (Phi) is 4.24. The monoisotopic (exact) mass is 183 g/mol. The zero-order chi connectivity index (χ0) is 9.73. The zero-order valence-electron chi connectivity index (χ0n) is 9.53. The van der Waals surface area contributed by atoms with Crippen LogP contribution in [0.5, 0.6) is 0 Å². The smallest absolute Gasteiger partial charge is 0.00517 e. The molecule has 1 N–H and O–H groups in total. The van der Waals surface area contributed by atoms with Gasteiger partial charge in [-0.1, -0.05) is 20.3 Å². The lowest BCUT2D eigenvalue weighted by atomic mass is 9.77. The second kappa shape index (κ2) is 4.99. The molecule has 0 amide bonds. The quantitative estimate of drug-likeness (QED) is 0.598. The van der Waals surface area contributed by atoms with Crippen LogP contribution in [-0.2, 0) is 0 Å². The Hall–Kier alpha value is -0.0400. The van der Waals surface area contributed by atoms with Crippen LogP contribution in [0.2, 0.25) is 0 Å². The third kappa shape index (κ3) is 3.30. The maximum atomic E-state index is 3.24. The van der Waals surface area contributed by atoms with Crippen molar-refractivity contribution in [3.63, 3.8) is 0 Å². The molecular weight excluding hydrogens is 158 g/mol. The molecule has 0 aliphatic heterocycles. The van der Waals surface area contributed by atoms with Gasteiger partial charge in [0.25, 0.3) is 0 Å². The van der Waals surface area contributed by atoms with E-state index in [-0.39, 0.29) is 0 Å². The molecule has 0 aromatic carbocycles. The Labute approximate surface area is 83.3 Å². The molecule has 0 saturated heterocycles. The van der Waals surface area contributed by atoms with Crippen LogP contribution >= 0.6 is 0 Å². The molecule has 1 unspecified atom stereocenters. The highest BCUT2D eigenvalue weighted by molar-refractivity contribution is 4.90. The van der Waals surface area contributed by atoms with E-state index in [1.165, 1.54) is 45.1 Å². The molecule has 1 heteroatoms. The summed E-state index contributed by atoms with van der Waals surface area (Å²) in [7, 11) is 2.05. The second-order valence-electron chi connectivity index (χ2n) is 4.89. The summed E-state index contributed by atoms with van der Waals surface area (Å²) in [5, 5.41) is 3.24. The number of rotatable bonds is 7. The fourth-order valence-corrected chi connectivity index (χ4v) is 2.55. The average Bonchev–Trinajstić information content (AvgIpc) is 2.87. The van der Waals surface area contributed by atoms with E-state index in [1.807, 2.05) is 7.05 Å². The molecule has 78 valence electrons. The molecule has 0 heterocycles. The molecule has 1 aliphatic rings. The average molecular weight is 183 g/mol. The van der Waals surface area contributed by atoms with Crippen LogP contribution in [0.15, 0.2) is 0 Å². The Morgan fingerprint density at radius 2 is 2.00 bits per heavy atom. The molecule has 1 saturated carbocycles. The first kappa shape index (κ1) is 11.0. The van der Waals surface area contributed by atoms with Gasteiger partial charge in [0.2, 0.25) is 0 Å². The van der Waals surface area contributed by atoms with Gasteiger partial charge in [0.15, 0.2) is 0 Å². The Bertz CT molecular complexity index is 140. The van der Waals surface area contributed by atoms with Gasteiger partial charge in [0.1, 0.15) is 0 Å². The molecule has 0 radical (unpaired) electrons. The van der Waals surface area contributed by atoms with E-state index in [4.69, 9.17) is 0 Å². The summed E-state index contributed by atoms with van der Waals surface area (Å²) in [6.45, 7) is 6.01. The molecule has 1 atom stereocenters. The van der Waals surface area contributed by atoms with Crippen molar-refractivity contribution in [2.75, 3.05) is 13.6 Å². The lowest BCUT2D eigenvalue weighted by molar-refractivity contribution is 0.219. The van der Waals surface area contributed by atoms with E-state index in [0.29, 0.717) is 5.41 Å². The molecule has 1 nitrogen and oxygen atoms in total. The molecular formula is C12H25N. The van der Waals surface area contributed by atoms with Gasteiger partial charge in [0.05, 0.1) is 0 Å². The summed E-state index contributed by atoms with van der Waals surface area (Å²) >= 11 is 0. The number of hydrogen-bond donors (Lipinski definition) is 1. The Morgan fingerprint density at radius 1 is 1.31 bits per heavy atom. The Balaban J connectivity index is 2.28. The Morgan fingerprint density at radius 3 is 2.46 bits per heavy atom. The minimum absolute atomic E-state index is 0.672. The topological polar surface area (TPSA) is 12.0 Å². The van der Waals surface area contributed by atoms with Crippen molar-refractivity contribution in [1.29, 1.82) is 0 Å². The van der Waals surface area contributed by atoms with Gasteiger partial charge >= 0.3 is 0 Å². The van der Waals surface area contributed by atoms with Crippen LogP contribution in [-0.4, -0.2) is 13.6 Å². The minimum Gasteiger partial charge on any atom is -0.320 e. The summed E-state index contributed by atoms with van der Waals surface area (Å²) in [5.41, 5.74) is 0.672. The zero-order valence-corrected chi connectivity index (χ0v) is 9.53. The first-order valence-electron chi connectivity index (χ1n) is 5.87. The van der Waals surface area contributed by atoms with Gasteiger partial charge in [0, 0.05) is 0 Å². The third-order valence-corrected chi connectivity index (χ3v) is 3.56. The van der Waals surface area contributed by atoms with Gasteiger partial charge in [-0.3, -0.25) is 0 Å². The van der Waals surface area contributed by atoms with E-state index in [9.17, 15) is 0 Å². The van der Waals surface area contributed by atoms with Crippen molar-refractivity contribution >= 4 is 0 Å². The third-order valence-electron chi connectivity index (χ3n) is 3.56. The number of nitrogens with one attached hydrogen (secondary N) is 1. The molecule has 0 bridgehead atoms. The fraction of sp³-hybridized carbons (Fsp3) is 1.00. The van der Waals surface area contributed by atoms with E-state index in [0.717, 1.165) is 5.92 Å². The molecule has 1 aliphatic carbocycles. The van der Waals surface area contributed by atoms with Crippen LogP contribution < -0.4 is 5.32 Å². The molecule has 0 aromatic heterocycles. The standard InChI is InChI=1S/C12H25N/c1-4-8-12(2,11-6-7-11)9-5-10-13-3/h11,13H,4-10H2,1-3H3. The van der Waals surface area contributed by atoms with Crippen LogP contribution in [0.3, 0.4) is 0 Å². The van der Waals surface area contributed by atoms with Gasteiger partial charge in [-0.15, -0.1) is 0 Å². The van der Waals surface area contributed by atoms with E-state index >= 15 is 0 Å².